The number of aromatic nitrogens is 1. The maximum Gasteiger partial charge on any atom is 0.226 e. The molecule has 1 atom stereocenters. The van der Waals surface area contributed by atoms with Gasteiger partial charge >= 0.3 is 0 Å². The van der Waals surface area contributed by atoms with Gasteiger partial charge in [-0.05, 0) is 43.0 Å². The fourth-order valence-electron chi connectivity index (χ4n) is 3.75. The second-order valence-electron chi connectivity index (χ2n) is 6.19. The molecule has 1 amide bonds. The minimum absolute atomic E-state index is 0.164. The number of carbonyl (C=O) groups excluding carboxylic acids is 1. The predicted molar refractivity (Wildman–Crippen MR) is 86.2 cm³/mol. The maximum atomic E-state index is 11.7. The highest BCUT2D eigenvalue weighted by Gasteiger charge is 2.28. The van der Waals surface area contributed by atoms with E-state index in [1.54, 1.807) is 0 Å². The summed E-state index contributed by atoms with van der Waals surface area (Å²) < 4.78 is 5.43. The molecule has 116 valence electrons. The Morgan fingerprint density at radius 1 is 1.32 bits per heavy atom. The van der Waals surface area contributed by atoms with Crippen molar-refractivity contribution >= 4 is 22.5 Å². The lowest BCUT2D eigenvalue weighted by Gasteiger charge is -2.29. The summed E-state index contributed by atoms with van der Waals surface area (Å²) in [5, 5.41) is 1.24. The predicted octanol–water partition coefficient (Wildman–Crippen LogP) is 1.91. The van der Waals surface area contributed by atoms with Gasteiger partial charge < -0.3 is 20.4 Å². The van der Waals surface area contributed by atoms with Crippen LogP contribution >= 0.6 is 0 Å². The lowest BCUT2D eigenvalue weighted by Crippen LogP contribution is -2.36. The SMILES string of the molecule is NC(=O)C1CCCc2c1[nH]c1ccc(N3CCOCC3)cc21. The first-order valence-electron chi connectivity index (χ1n) is 8.00. The Balaban J connectivity index is 1.78. The molecule has 1 aromatic carbocycles. The molecule has 4 rings (SSSR count). The molecule has 0 spiro atoms. The summed E-state index contributed by atoms with van der Waals surface area (Å²) in [6.07, 6.45) is 2.90. The van der Waals surface area contributed by atoms with E-state index < -0.39 is 0 Å². The first-order chi connectivity index (χ1) is 10.7. The number of nitrogens with two attached hydrogens (primary N) is 1. The highest BCUT2D eigenvalue weighted by molar-refractivity contribution is 5.91. The van der Waals surface area contributed by atoms with Crippen molar-refractivity contribution in [2.24, 2.45) is 5.73 Å². The van der Waals surface area contributed by atoms with E-state index in [2.05, 4.69) is 28.1 Å². The minimum atomic E-state index is -0.221. The molecule has 1 unspecified atom stereocenters. The van der Waals surface area contributed by atoms with Gasteiger partial charge in [0, 0.05) is 35.4 Å². The number of carbonyl (C=O) groups is 1. The third-order valence-corrected chi connectivity index (χ3v) is 4.91. The zero-order valence-electron chi connectivity index (χ0n) is 12.6. The van der Waals surface area contributed by atoms with E-state index in [0.717, 1.165) is 56.8 Å². The summed E-state index contributed by atoms with van der Waals surface area (Å²) in [5.74, 6) is -0.385. The third kappa shape index (κ3) is 2.16. The zero-order chi connectivity index (χ0) is 15.1. The quantitative estimate of drug-likeness (QED) is 0.890. The van der Waals surface area contributed by atoms with Crippen LogP contribution in [0.15, 0.2) is 18.2 Å². The molecule has 2 aliphatic rings. The number of fused-ring (bicyclic) bond motifs is 3. The van der Waals surface area contributed by atoms with Crippen molar-refractivity contribution in [3.8, 4) is 0 Å². The number of nitrogens with zero attached hydrogens (tertiary/aromatic N) is 1. The number of ether oxygens (including phenoxy) is 1. The second-order valence-corrected chi connectivity index (χ2v) is 6.19. The van der Waals surface area contributed by atoms with Crippen LogP contribution in [0.2, 0.25) is 0 Å². The van der Waals surface area contributed by atoms with Crippen molar-refractivity contribution in [3.63, 3.8) is 0 Å². The van der Waals surface area contributed by atoms with Crippen LogP contribution in [0.5, 0.6) is 0 Å². The van der Waals surface area contributed by atoms with Crippen molar-refractivity contribution in [3.05, 3.63) is 29.5 Å². The lowest BCUT2D eigenvalue weighted by molar-refractivity contribution is -0.119. The average Bonchev–Trinajstić information content (AvgIpc) is 2.93. The number of hydrogen-bond donors (Lipinski definition) is 2. The molecule has 3 N–H and O–H groups in total. The molecule has 1 aliphatic carbocycles. The number of H-pyrrole nitrogens is 1. The van der Waals surface area contributed by atoms with E-state index in [0.29, 0.717) is 0 Å². The topological polar surface area (TPSA) is 71.4 Å². The Morgan fingerprint density at radius 2 is 2.14 bits per heavy atom. The van der Waals surface area contributed by atoms with Gasteiger partial charge in [0.15, 0.2) is 0 Å². The van der Waals surface area contributed by atoms with Crippen molar-refractivity contribution in [1.82, 2.24) is 4.98 Å². The number of nitrogens with one attached hydrogen (secondary N) is 1. The normalized spacial score (nSPS) is 21.8. The third-order valence-electron chi connectivity index (χ3n) is 4.91. The van der Waals surface area contributed by atoms with Crippen LogP contribution in [0.4, 0.5) is 5.69 Å². The van der Waals surface area contributed by atoms with Crippen LogP contribution in [0, 0.1) is 0 Å². The van der Waals surface area contributed by atoms with Crippen LogP contribution in [0.1, 0.15) is 30.0 Å². The van der Waals surface area contributed by atoms with Crippen LogP contribution < -0.4 is 10.6 Å². The molecule has 0 saturated carbocycles. The van der Waals surface area contributed by atoms with E-state index in [-0.39, 0.29) is 11.8 Å². The Bertz CT molecular complexity index is 716. The van der Waals surface area contributed by atoms with Crippen molar-refractivity contribution < 1.29 is 9.53 Å². The number of morpholine rings is 1. The van der Waals surface area contributed by atoms with Gasteiger partial charge in [-0.1, -0.05) is 0 Å². The number of benzene rings is 1. The summed E-state index contributed by atoms with van der Waals surface area (Å²) in [6.45, 7) is 3.43. The van der Waals surface area contributed by atoms with Gasteiger partial charge in [0.25, 0.3) is 0 Å². The summed E-state index contributed by atoms with van der Waals surface area (Å²) in [5.41, 5.74) is 10.2. The molecule has 1 fully saturated rings. The van der Waals surface area contributed by atoms with E-state index >= 15 is 0 Å². The standard InChI is InChI=1S/C17H21N3O2/c18-17(21)13-3-1-2-12-14-10-11(20-6-8-22-9-7-20)4-5-15(14)19-16(12)13/h4-5,10,13,19H,1-3,6-9H2,(H2,18,21). The number of anilines is 1. The summed E-state index contributed by atoms with van der Waals surface area (Å²) in [7, 11) is 0. The van der Waals surface area contributed by atoms with Gasteiger partial charge in [-0.2, -0.15) is 0 Å². The molecule has 22 heavy (non-hydrogen) atoms. The van der Waals surface area contributed by atoms with Gasteiger partial charge in [-0.15, -0.1) is 0 Å². The van der Waals surface area contributed by atoms with Gasteiger partial charge in [-0.3, -0.25) is 4.79 Å². The Kier molecular flexibility index (Phi) is 3.30. The molecule has 5 nitrogen and oxygen atoms in total. The first-order valence-corrected chi connectivity index (χ1v) is 8.00. The monoisotopic (exact) mass is 299 g/mol. The number of aryl methyl sites for hydroxylation is 1. The molecule has 0 bridgehead atoms. The summed E-state index contributed by atoms with van der Waals surface area (Å²) in [4.78, 5) is 17.5. The van der Waals surface area contributed by atoms with E-state index in [4.69, 9.17) is 10.5 Å². The van der Waals surface area contributed by atoms with E-state index in [1.165, 1.54) is 16.6 Å². The molecule has 5 heteroatoms. The molecule has 1 saturated heterocycles. The Hall–Kier alpha value is -2.01. The van der Waals surface area contributed by atoms with Gasteiger partial charge in [-0.25, -0.2) is 0 Å². The number of amides is 1. The fraction of sp³-hybridized carbons (Fsp3) is 0.471. The molecular formula is C17H21N3O2. The average molecular weight is 299 g/mol. The first kappa shape index (κ1) is 13.6. The van der Waals surface area contributed by atoms with Crippen molar-refractivity contribution in [2.45, 2.75) is 25.2 Å². The molecule has 2 aromatic rings. The smallest absolute Gasteiger partial charge is 0.226 e. The minimum Gasteiger partial charge on any atom is -0.378 e. The zero-order valence-corrected chi connectivity index (χ0v) is 12.6. The van der Waals surface area contributed by atoms with E-state index in [1.807, 2.05) is 0 Å². The highest BCUT2D eigenvalue weighted by Crippen LogP contribution is 2.37. The second kappa shape index (κ2) is 5.32. The summed E-state index contributed by atoms with van der Waals surface area (Å²) >= 11 is 0. The highest BCUT2D eigenvalue weighted by atomic mass is 16.5. The lowest BCUT2D eigenvalue weighted by atomic mass is 9.86. The molecule has 0 radical (unpaired) electrons. The number of hydrogen-bond acceptors (Lipinski definition) is 3. The van der Waals surface area contributed by atoms with Crippen LogP contribution in [0.3, 0.4) is 0 Å². The van der Waals surface area contributed by atoms with Gasteiger partial charge in [0.1, 0.15) is 0 Å². The maximum absolute atomic E-state index is 11.7. The number of aromatic amines is 1. The van der Waals surface area contributed by atoms with Crippen LogP contribution in [0.25, 0.3) is 10.9 Å². The van der Waals surface area contributed by atoms with Gasteiger partial charge in [0.2, 0.25) is 5.91 Å². The Morgan fingerprint density at radius 3 is 2.91 bits per heavy atom. The van der Waals surface area contributed by atoms with Gasteiger partial charge in [0.05, 0.1) is 19.1 Å². The molecule has 2 heterocycles. The van der Waals surface area contributed by atoms with Crippen molar-refractivity contribution in [2.75, 3.05) is 31.2 Å². The van der Waals surface area contributed by atoms with Crippen LogP contribution in [-0.2, 0) is 16.0 Å². The number of rotatable bonds is 2. The Labute approximate surface area is 129 Å². The molecular weight excluding hydrogens is 278 g/mol. The van der Waals surface area contributed by atoms with Crippen molar-refractivity contribution in [1.29, 1.82) is 0 Å². The van der Waals surface area contributed by atoms with Crippen LogP contribution in [-0.4, -0.2) is 37.2 Å². The molecule has 1 aromatic heterocycles. The number of primary amides is 1. The molecule has 1 aliphatic heterocycles. The van der Waals surface area contributed by atoms with E-state index in [9.17, 15) is 4.79 Å². The fourth-order valence-corrected chi connectivity index (χ4v) is 3.75. The summed E-state index contributed by atoms with van der Waals surface area (Å²) in [6, 6.07) is 6.52. The largest absolute Gasteiger partial charge is 0.378 e.